The van der Waals surface area contributed by atoms with Gasteiger partial charge in [-0.25, -0.2) is 14.3 Å². The Balaban J connectivity index is 0.773. The van der Waals surface area contributed by atoms with E-state index in [1.807, 2.05) is 13.1 Å². The van der Waals surface area contributed by atoms with Gasteiger partial charge in [-0.3, -0.25) is 28.8 Å². The fourth-order valence-electron chi connectivity index (χ4n) is 10.0. The van der Waals surface area contributed by atoms with Crippen molar-refractivity contribution in [1.82, 2.24) is 39.3 Å². The summed E-state index contributed by atoms with van der Waals surface area (Å²) in [5.41, 5.74) is 6.91. The Morgan fingerprint density at radius 3 is 2.50 bits per heavy atom. The Kier molecular flexibility index (Phi) is 9.03. The van der Waals surface area contributed by atoms with Gasteiger partial charge in [-0.1, -0.05) is 18.2 Å². The smallest absolute Gasteiger partial charge is 0.329 e. The standard InChI is InChI=1S/C43H51N11O4/c1-44-31-24-37(48-54-36(25-45-39(31)54)41(57)46-28-7-8-28)52-26-43(30-5-3-4-6-32(30)52)16-21-50(22-17-43)18-13-27-14-19-51(20-15-27)29-9-10-33-35(23-29)49(2)42(58)53(33)34-11-12-38(55)47-40(34)56/h3-6,9-10,23-25,27-28,34,44H,7-8,11-22,26H2,1-2H3,(H,46,57)(H,47,55,56). The number of nitrogens with one attached hydrogen (secondary N) is 3. The molecule has 15 nitrogen and oxygen atoms in total. The van der Waals surface area contributed by atoms with Gasteiger partial charge in [0, 0.05) is 69.0 Å². The van der Waals surface area contributed by atoms with Gasteiger partial charge >= 0.3 is 5.69 Å². The molecular formula is C43H51N11O4. The summed E-state index contributed by atoms with van der Waals surface area (Å²) in [6.07, 6.45) is 9.81. The molecule has 3 amide bonds. The zero-order valence-electron chi connectivity index (χ0n) is 33.2. The van der Waals surface area contributed by atoms with Crippen molar-refractivity contribution in [2.75, 3.05) is 61.4 Å². The second kappa shape index (κ2) is 14.3. The molecule has 1 spiro atoms. The van der Waals surface area contributed by atoms with E-state index in [2.05, 4.69) is 78.1 Å². The first kappa shape index (κ1) is 36.6. The molecule has 1 atom stereocenters. The number of carbonyl (C=O) groups is 3. The Bertz CT molecular complexity index is 2500. The maximum atomic E-state index is 13.3. The minimum absolute atomic E-state index is 0.0312. The fourth-order valence-corrected chi connectivity index (χ4v) is 10.0. The maximum Gasteiger partial charge on any atom is 0.329 e. The molecule has 0 radical (unpaired) electrons. The van der Waals surface area contributed by atoms with Gasteiger partial charge in [-0.05, 0) is 107 Å². The van der Waals surface area contributed by atoms with Crippen LogP contribution in [0.3, 0.4) is 0 Å². The van der Waals surface area contributed by atoms with Crippen molar-refractivity contribution in [3.8, 4) is 0 Å². The van der Waals surface area contributed by atoms with Crippen molar-refractivity contribution >= 4 is 57.3 Å². The first-order valence-electron chi connectivity index (χ1n) is 21.0. The Morgan fingerprint density at radius 1 is 0.948 bits per heavy atom. The van der Waals surface area contributed by atoms with Gasteiger partial charge in [-0.15, -0.1) is 5.10 Å². The molecule has 4 fully saturated rings. The van der Waals surface area contributed by atoms with Crippen LogP contribution in [-0.4, -0.2) is 98.7 Å². The van der Waals surface area contributed by atoms with Crippen molar-refractivity contribution in [3.05, 3.63) is 76.5 Å². The summed E-state index contributed by atoms with van der Waals surface area (Å²) in [5.74, 6) is 0.636. The molecule has 2 aromatic carbocycles. The van der Waals surface area contributed by atoms with E-state index in [9.17, 15) is 19.2 Å². The Hall–Kier alpha value is -5.70. The van der Waals surface area contributed by atoms with E-state index in [0.29, 0.717) is 23.7 Å². The molecular weight excluding hydrogens is 735 g/mol. The SMILES string of the molecule is CNc1cc(N2CC3(CCN(CCC4CCN(c5ccc6c(c5)n(C)c(=O)n6C5CCC(=O)NC5=O)CC4)CC3)c3ccccc32)nn2c(C(=O)NC3CC3)cnc12. The highest BCUT2D eigenvalue weighted by molar-refractivity contribution is 6.00. The van der Waals surface area contributed by atoms with Crippen molar-refractivity contribution in [3.63, 3.8) is 0 Å². The van der Waals surface area contributed by atoms with E-state index in [0.717, 1.165) is 106 Å². The molecule has 1 unspecified atom stereocenters. The molecule has 3 N–H and O–H groups in total. The number of anilines is 4. The zero-order chi connectivity index (χ0) is 39.7. The third kappa shape index (κ3) is 6.30. The minimum Gasteiger partial charge on any atom is -0.385 e. The van der Waals surface area contributed by atoms with Gasteiger partial charge in [0.05, 0.1) is 22.9 Å². The van der Waals surface area contributed by atoms with Crippen LogP contribution < -0.4 is 31.4 Å². The molecule has 5 aromatic rings. The topological polar surface area (TPSA) is 154 Å². The number of aryl methyl sites for hydroxylation is 1. The minimum atomic E-state index is -0.681. The van der Waals surface area contributed by atoms with Crippen molar-refractivity contribution in [1.29, 1.82) is 0 Å². The van der Waals surface area contributed by atoms with E-state index < -0.39 is 11.9 Å². The number of rotatable bonds is 9. The molecule has 15 heteroatoms. The largest absolute Gasteiger partial charge is 0.385 e. The molecule has 58 heavy (non-hydrogen) atoms. The van der Waals surface area contributed by atoms with Crippen LogP contribution in [0.5, 0.6) is 0 Å². The maximum absolute atomic E-state index is 13.3. The van der Waals surface area contributed by atoms with E-state index in [-0.39, 0.29) is 35.4 Å². The number of hydrogen-bond acceptors (Lipinski definition) is 10. The summed E-state index contributed by atoms with van der Waals surface area (Å²) < 4.78 is 4.86. The fraction of sp³-hybridized carbons (Fsp3) is 0.488. The number of para-hydroxylation sites is 1. The lowest BCUT2D eigenvalue weighted by Gasteiger charge is -2.41. The van der Waals surface area contributed by atoms with Crippen LogP contribution in [-0.2, 0) is 22.1 Å². The van der Waals surface area contributed by atoms with Crippen LogP contribution in [0.2, 0.25) is 0 Å². The number of piperidine rings is 3. The van der Waals surface area contributed by atoms with Gasteiger partial charge in [0.15, 0.2) is 17.2 Å². The summed E-state index contributed by atoms with van der Waals surface area (Å²) in [6, 6.07) is 16.5. The third-order valence-electron chi connectivity index (χ3n) is 13.6. The van der Waals surface area contributed by atoms with Gasteiger partial charge in [0.2, 0.25) is 11.8 Å². The van der Waals surface area contributed by atoms with Crippen LogP contribution in [0.1, 0.15) is 79.9 Å². The summed E-state index contributed by atoms with van der Waals surface area (Å²) >= 11 is 0. The highest BCUT2D eigenvalue weighted by atomic mass is 16.2. The van der Waals surface area contributed by atoms with E-state index in [1.54, 1.807) is 26.9 Å². The normalized spacial score (nSPS) is 21.2. The summed E-state index contributed by atoms with van der Waals surface area (Å²) in [5, 5.41) is 13.8. The van der Waals surface area contributed by atoms with Crippen molar-refractivity contribution in [2.45, 2.75) is 75.3 Å². The number of benzene rings is 2. The molecule has 0 bridgehead atoms. The second-order valence-corrected chi connectivity index (χ2v) is 17.1. The number of carbonyl (C=O) groups excluding carboxylic acids is 3. The van der Waals surface area contributed by atoms with Gasteiger partial charge < -0.3 is 25.3 Å². The highest BCUT2D eigenvalue weighted by Crippen LogP contribution is 2.49. The van der Waals surface area contributed by atoms with E-state index in [4.69, 9.17) is 5.10 Å². The molecule has 3 aromatic heterocycles. The van der Waals surface area contributed by atoms with Gasteiger partial charge in [0.25, 0.3) is 5.91 Å². The quantitative estimate of drug-likeness (QED) is 0.186. The lowest BCUT2D eigenvalue weighted by atomic mass is 9.74. The Labute approximate surface area is 336 Å². The first-order chi connectivity index (χ1) is 28.2. The van der Waals surface area contributed by atoms with Crippen LogP contribution in [0.25, 0.3) is 16.7 Å². The van der Waals surface area contributed by atoms with Crippen LogP contribution in [0, 0.1) is 5.92 Å². The number of imidazole rings is 2. The van der Waals surface area contributed by atoms with Crippen LogP contribution in [0.15, 0.2) is 59.5 Å². The number of nitrogens with zero attached hydrogens (tertiary/aromatic N) is 8. The molecule has 10 rings (SSSR count). The van der Waals surface area contributed by atoms with Crippen molar-refractivity contribution < 1.29 is 14.4 Å². The van der Waals surface area contributed by atoms with Crippen LogP contribution >= 0.6 is 0 Å². The molecule has 3 saturated heterocycles. The Morgan fingerprint density at radius 2 is 1.74 bits per heavy atom. The van der Waals surface area contributed by atoms with Gasteiger partial charge in [-0.2, -0.15) is 0 Å². The number of aromatic nitrogens is 5. The van der Waals surface area contributed by atoms with E-state index in [1.165, 1.54) is 17.7 Å². The van der Waals surface area contributed by atoms with E-state index >= 15 is 0 Å². The lowest BCUT2D eigenvalue weighted by Crippen LogP contribution is -2.45. The molecule has 1 saturated carbocycles. The summed E-state index contributed by atoms with van der Waals surface area (Å²) in [6.45, 7) is 5.99. The summed E-state index contributed by atoms with van der Waals surface area (Å²) in [7, 11) is 3.63. The van der Waals surface area contributed by atoms with Gasteiger partial charge in [0.1, 0.15) is 6.04 Å². The number of imide groups is 1. The number of amides is 3. The zero-order valence-corrected chi connectivity index (χ0v) is 33.2. The number of likely N-dealkylation sites (tertiary alicyclic amines) is 1. The molecule has 7 heterocycles. The molecule has 302 valence electrons. The monoisotopic (exact) mass is 785 g/mol. The highest BCUT2D eigenvalue weighted by Gasteiger charge is 2.45. The molecule has 1 aliphatic carbocycles. The predicted molar refractivity (Wildman–Crippen MR) is 222 cm³/mol. The average molecular weight is 786 g/mol. The first-order valence-corrected chi connectivity index (χ1v) is 21.0. The second-order valence-electron chi connectivity index (χ2n) is 17.1. The number of fused-ring (bicyclic) bond motifs is 4. The third-order valence-corrected chi connectivity index (χ3v) is 13.6. The molecule has 4 aliphatic heterocycles. The summed E-state index contributed by atoms with van der Waals surface area (Å²) in [4.78, 5) is 62.8. The predicted octanol–water partition coefficient (Wildman–Crippen LogP) is 4.09. The lowest BCUT2D eigenvalue weighted by molar-refractivity contribution is -0.135. The number of hydrogen-bond donors (Lipinski definition) is 3. The average Bonchev–Trinajstić information content (AvgIpc) is 3.78. The molecule has 5 aliphatic rings. The van der Waals surface area contributed by atoms with Crippen LogP contribution in [0.4, 0.5) is 22.9 Å². The van der Waals surface area contributed by atoms with Crippen molar-refractivity contribution in [2.24, 2.45) is 13.0 Å².